The van der Waals surface area contributed by atoms with Gasteiger partial charge in [-0.15, -0.1) is 0 Å². The Bertz CT molecular complexity index is 414. The number of rotatable bonds is 3. The van der Waals surface area contributed by atoms with Crippen molar-refractivity contribution in [2.24, 2.45) is 11.1 Å². The lowest BCUT2D eigenvalue weighted by Gasteiger charge is -2.29. The molecule has 0 radical (unpaired) electrons. The highest BCUT2D eigenvalue weighted by Crippen LogP contribution is 2.26. The van der Waals surface area contributed by atoms with Crippen molar-refractivity contribution >= 4 is 5.91 Å². The first-order chi connectivity index (χ1) is 8.49. The van der Waals surface area contributed by atoms with Crippen molar-refractivity contribution in [1.29, 1.82) is 0 Å². The molecule has 98 valence electrons. The first kappa shape index (κ1) is 13.1. The maximum Gasteiger partial charge on any atom is 0.228 e. The van der Waals surface area contributed by atoms with E-state index >= 15 is 0 Å². The molecule has 1 saturated heterocycles. The molecule has 1 aliphatic heterocycles. The van der Waals surface area contributed by atoms with Crippen molar-refractivity contribution in [2.75, 3.05) is 13.1 Å². The van der Waals surface area contributed by atoms with Crippen LogP contribution in [0.15, 0.2) is 30.3 Å². The number of benzene rings is 1. The van der Waals surface area contributed by atoms with E-state index in [0.717, 1.165) is 19.4 Å². The van der Waals surface area contributed by atoms with Crippen LogP contribution < -0.4 is 5.73 Å². The Balaban J connectivity index is 2.04. The van der Waals surface area contributed by atoms with Gasteiger partial charge in [0.05, 0.1) is 0 Å². The number of amides is 1. The van der Waals surface area contributed by atoms with Crippen molar-refractivity contribution in [1.82, 2.24) is 4.90 Å². The monoisotopic (exact) mass is 246 g/mol. The Morgan fingerprint density at radius 1 is 1.39 bits per heavy atom. The Hall–Kier alpha value is -1.35. The molecule has 0 saturated carbocycles. The minimum atomic E-state index is -0.356. The van der Waals surface area contributed by atoms with Gasteiger partial charge in [-0.3, -0.25) is 4.79 Å². The third-order valence-electron chi connectivity index (χ3n) is 3.58. The summed E-state index contributed by atoms with van der Waals surface area (Å²) in [7, 11) is 0. The van der Waals surface area contributed by atoms with E-state index in [1.807, 2.05) is 36.9 Å². The maximum absolute atomic E-state index is 12.5. The third-order valence-corrected chi connectivity index (χ3v) is 3.58. The zero-order valence-electron chi connectivity index (χ0n) is 11.2. The summed E-state index contributed by atoms with van der Waals surface area (Å²) >= 11 is 0. The molecule has 1 aromatic rings. The second kappa shape index (κ2) is 5.11. The molecule has 1 aromatic carbocycles. The van der Waals surface area contributed by atoms with Crippen LogP contribution in [0.2, 0.25) is 0 Å². The highest BCUT2D eigenvalue weighted by atomic mass is 16.2. The largest absolute Gasteiger partial charge is 0.341 e. The van der Waals surface area contributed by atoms with Crippen molar-refractivity contribution < 1.29 is 4.79 Å². The Kier molecular flexibility index (Phi) is 3.71. The van der Waals surface area contributed by atoms with Crippen molar-refractivity contribution in [3.63, 3.8) is 0 Å². The number of nitrogens with zero attached hydrogens (tertiary/aromatic N) is 1. The normalized spacial score (nSPS) is 20.2. The quantitative estimate of drug-likeness (QED) is 0.884. The van der Waals surface area contributed by atoms with Gasteiger partial charge in [-0.2, -0.15) is 0 Å². The van der Waals surface area contributed by atoms with Gasteiger partial charge in [0.1, 0.15) is 0 Å². The molecule has 18 heavy (non-hydrogen) atoms. The molecular weight excluding hydrogens is 224 g/mol. The molecule has 0 spiro atoms. The fourth-order valence-corrected chi connectivity index (χ4v) is 2.58. The van der Waals surface area contributed by atoms with Gasteiger partial charge in [-0.05, 0) is 18.4 Å². The van der Waals surface area contributed by atoms with E-state index in [9.17, 15) is 4.79 Å². The summed E-state index contributed by atoms with van der Waals surface area (Å²) in [4.78, 5) is 14.4. The summed E-state index contributed by atoms with van der Waals surface area (Å²) in [6, 6.07) is 10.3. The average molecular weight is 246 g/mol. The molecule has 1 fully saturated rings. The summed E-state index contributed by atoms with van der Waals surface area (Å²) in [5.41, 5.74) is 6.72. The first-order valence-corrected chi connectivity index (χ1v) is 6.58. The molecule has 1 amide bonds. The number of hydrogen-bond acceptors (Lipinski definition) is 2. The summed E-state index contributed by atoms with van der Waals surface area (Å²) in [5, 5.41) is 0. The minimum absolute atomic E-state index is 0.154. The van der Waals surface area contributed by atoms with Crippen molar-refractivity contribution in [3.05, 3.63) is 35.9 Å². The molecule has 0 bridgehead atoms. The average Bonchev–Trinajstić information content (AvgIpc) is 2.75. The van der Waals surface area contributed by atoms with E-state index < -0.39 is 0 Å². The fraction of sp³-hybridized carbons (Fsp3) is 0.533. The Morgan fingerprint density at radius 2 is 2.06 bits per heavy atom. The number of likely N-dealkylation sites (tertiary alicyclic amines) is 1. The van der Waals surface area contributed by atoms with Crippen molar-refractivity contribution in [2.45, 2.75) is 32.7 Å². The number of hydrogen-bond donors (Lipinski definition) is 1. The minimum Gasteiger partial charge on any atom is -0.341 e. The summed E-state index contributed by atoms with van der Waals surface area (Å²) < 4.78 is 0. The number of carbonyl (C=O) groups excluding carboxylic acids is 1. The van der Waals surface area contributed by atoms with Gasteiger partial charge in [0.15, 0.2) is 0 Å². The predicted octanol–water partition coefficient (Wildman–Crippen LogP) is 1.81. The van der Waals surface area contributed by atoms with E-state index in [4.69, 9.17) is 5.73 Å². The SMILES string of the molecule is CC(C)(Cc1ccccc1)C(=O)N1CC[C@@H](N)C1. The molecular formula is C15H22N2O. The van der Waals surface area contributed by atoms with Gasteiger partial charge in [0, 0.05) is 24.5 Å². The maximum atomic E-state index is 12.5. The lowest BCUT2D eigenvalue weighted by Crippen LogP contribution is -2.41. The molecule has 1 atom stereocenters. The van der Waals surface area contributed by atoms with E-state index in [2.05, 4.69) is 12.1 Å². The van der Waals surface area contributed by atoms with E-state index in [1.54, 1.807) is 0 Å². The molecule has 2 rings (SSSR count). The molecule has 0 aromatic heterocycles. The summed E-state index contributed by atoms with van der Waals surface area (Å²) in [6.07, 6.45) is 1.70. The van der Waals surface area contributed by atoms with Crippen LogP contribution in [0.5, 0.6) is 0 Å². The van der Waals surface area contributed by atoms with Gasteiger partial charge in [0.25, 0.3) is 0 Å². The van der Waals surface area contributed by atoms with Crippen LogP contribution >= 0.6 is 0 Å². The molecule has 0 unspecified atom stereocenters. The van der Waals surface area contributed by atoms with Crippen molar-refractivity contribution in [3.8, 4) is 0 Å². The van der Waals surface area contributed by atoms with E-state index in [1.165, 1.54) is 5.56 Å². The second-order valence-electron chi connectivity index (χ2n) is 5.85. The van der Waals surface area contributed by atoms with Crippen LogP contribution in [0.25, 0.3) is 0 Å². The molecule has 1 aliphatic rings. The number of nitrogens with two attached hydrogens (primary N) is 1. The lowest BCUT2D eigenvalue weighted by atomic mass is 9.84. The first-order valence-electron chi connectivity index (χ1n) is 6.58. The van der Waals surface area contributed by atoms with Gasteiger partial charge < -0.3 is 10.6 Å². The van der Waals surface area contributed by atoms with Gasteiger partial charge in [-0.25, -0.2) is 0 Å². The molecule has 0 aliphatic carbocycles. The molecule has 1 heterocycles. The van der Waals surface area contributed by atoms with Gasteiger partial charge in [-0.1, -0.05) is 44.2 Å². The smallest absolute Gasteiger partial charge is 0.228 e. The van der Waals surface area contributed by atoms with Crippen LogP contribution in [0, 0.1) is 5.41 Å². The van der Waals surface area contributed by atoms with Crippen LogP contribution in [0.3, 0.4) is 0 Å². The second-order valence-corrected chi connectivity index (χ2v) is 5.85. The highest BCUT2D eigenvalue weighted by Gasteiger charge is 2.34. The highest BCUT2D eigenvalue weighted by molar-refractivity contribution is 5.82. The zero-order valence-corrected chi connectivity index (χ0v) is 11.2. The topological polar surface area (TPSA) is 46.3 Å². The zero-order chi connectivity index (χ0) is 13.2. The van der Waals surface area contributed by atoms with Crippen LogP contribution in [0.1, 0.15) is 25.8 Å². The van der Waals surface area contributed by atoms with E-state index in [-0.39, 0.29) is 17.4 Å². The van der Waals surface area contributed by atoms with Gasteiger partial charge in [0.2, 0.25) is 5.91 Å². The standard InChI is InChI=1S/C15H22N2O/c1-15(2,10-12-6-4-3-5-7-12)14(18)17-9-8-13(16)11-17/h3-7,13H,8-11,16H2,1-2H3/t13-/m1/s1. The number of carbonyl (C=O) groups is 1. The Morgan fingerprint density at radius 3 is 2.61 bits per heavy atom. The van der Waals surface area contributed by atoms with Crippen LogP contribution in [-0.2, 0) is 11.2 Å². The molecule has 2 N–H and O–H groups in total. The molecule has 3 nitrogen and oxygen atoms in total. The van der Waals surface area contributed by atoms with Gasteiger partial charge >= 0.3 is 0 Å². The van der Waals surface area contributed by atoms with Crippen LogP contribution in [-0.4, -0.2) is 29.9 Å². The predicted molar refractivity (Wildman–Crippen MR) is 73.1 cm³/mol. The molecule has 3 heteroatoms. The summed E-state index contributed by atoms with van der Waals surface area (Å²) in [5.74, 6) is 0.222. The van der Waals surface area contributed by atoms with E-state index in [0.29, 0.717) is 6.54 Å². The van der Waals surface area contributed by atoms with Crippen LogP contribution in [0.4, 0.5) is 0 Å². The third kappa shape index (κ3) is 2.91. The lowest BCUT2D eigenvalue weighted by molar-refractivity contribution is -0.139. The fourth-order valence-electron chi connectivity index (χ4n) is 2.58. The summed E-state index contributed by atoms with van der Waals surface area (Å²) in [6.45, 7) is 5.55. The Labute approximate surface area is 109 Å².